The number of aromatic nitrogens is 2. The first kappa shape index (κ1) is 14.0. The lowest BCUT2D eigenvalue weighted by molar-refractivity contribution is 0.322. The molecule has 1 atom stereocenters. The van der Waals surface area contributed by atoms with Gasteiger partial charge in [-0.1, -0.05) is 6.92 Å². The number of anilines is 2. The minimum atomic E-state index is -0.400. The van der Waals surface area contributed by atoms with Gasteiger partial charge < -0.3 is 15.5 Å². The number of nitrogens with one attached hydrogen (secondary N) is 2. The first-order valence-electron chi connectivity index (χ1n) is 6.91. The van der Waals surface area contributed by atoms with E-state index in [2.05, 4.69) is 39.5 Å². The van der Waals surface area contributed by atoms with E-state index in [0.29, 0.717) is 12.0 Å². The van der Waals surface area contributed by atoms with Crippen LogP contribution in [0.15, 0.2) is 6.20 Å². The molecular weight excluding hydrogens is 245 g/mol. The molecule has 2 rings (SSSR count). The van der Waals surface area contributed by atoms with Crippen LogP contribution in [0.4, 0.5) is 16.2 Å². The van der Waals surface area contributed by atoms with Crippen LogP contribution in [0, 0.1) is 5.82 Å². The summed E-state index contributed by atoms with van der Waals surface area (Å²) < 4.78 is 13.6. The Balaban J connectivity index is 1.94. The first-order chi connectivity index (χ1) is 9.20. The number of rotatable bonds is 6. The van der Waals surface area contributed by atoms with Gasteiger partial charge in [-0.05, 0) is 32.9 Å². The minimum Gasteiger partial charge on any atom is -0.366 e. The SMILES string of the molecule is CCCNc1ncc(F)c(NCC2CCCN2C)n1. The van der Waals surface area contributed by atoms with Gasteiger partial charge >= 0.3 is 0 Å². The van der Waals surface area contributed by atoms with Gasteiger partial charge in [0.05, 0.1) is 6.20 Å². The highest BCUT2D eigenvalue weighted by atomic mass is 19.1. The van der Waals surface area contributed by atoms with Crippen LogP contribution in [-0.4, -0.2) is 47.6 Å². The lowest BCUT2D eigenvalue weighted by Crippen LogP contribution is -2.32. The largest absolute Gasteiger partial charge is 0.366 e. The Morgan fingerprint density at radius 2 is 2.32 bits per heavy atom. The average molecular weight is 267 g/mol. The molecule has 1 fully saturated rings. The molecule has 2 heterocycles. The zero-order valence-corrected chi connectivity index (χ0v) is 11.6. The van der Waals surface area contributed by atoms with Crippen LogP contribution < -0.4 is 10.6 Å². The molecule has 0 aliphatic carbocycles. The molecular formula is C13H22FN5. The molecule has 0 amide bonds. The van der Waals surface area contributed by atoms with Crippen molar-refractivity contribution in [2.75, 3.05) is 37.3 Å². The summed E-state index contributed by atoms with van der Waals surface area (Å²) in [6.07, 6.45) is 4.55. The zero-order valence-electron chi connectivity index (χ0n) is 11.6. The van der Waals surface area contributed by atoms with Crippen molar-refractivity contribution in [2.24, 2.45) is 0 Å². The fourth-order valence-corrected chi connectivity index (χ4v) is 2.26. The molecule has 1 aromatic rings. The van der Waals surface area contributed by atoms with Crippen LogP contribution in [0.25, 0.3) is 0 Å². The van der Waals surface area contributed by atoms with Gasteiger partial charge in [0.2, 0.25) is 5.95 Å². The van der Waals surface area contributed by atoms with E-state index in [1.165, 1.54) is 12.6 Å². The Labute approximate surface area is 113 Å². The van der Waals surface area contributed by atoms with Gasteiger partial charge in [-0.25, -0.2) is 9.37 Å². The molecule has 1 aliphatic heterocycles. The predicted molar refractivity (Wildman–Crippen MR) is 74.9 cm³/mol. The van der Waals surface area contributed by atoms with Gasteiger partial charge in [0.15, 0.2) is 11.6 Å². The molecule has 19 heavy (non-hydrogen) atoms. The Kier molecular flexibility index (Phi) is 4.90. The van der Waals surface area contributed by atoms with Crippen LogP contribution in [-0.2, 0) is 0 Å². The third kappa shape index (κ3) is 3.76. The molecule has 0 aromatic carbocycles. The molecule has 106 valence electrons. The minimum absolute atomic E-state index is 0.286. The van der Waals surface area contributed by atoms with E-state index in [0.717, 1.165) is 32.5 Å². The van der Waals surface area contributed by atoms with Crippen molar-refractivity contribution in [3.05, 3.63) is 12.0 Å². The molecule has 2 N–H and O–H groups in total. The smallest absolute Gasteiger partial charge is 0.224 e. The zero-order chi connectivity index (χ0) is 13.7. The molecule has 5 nitrogen and oxygen atoms in total. The normalized spacial score (nSPS) is 19.6. The van der Waals surface area contributed by atoms with E-state index in [4.69, 9.17) is 0 Å². The lowest BCUT2D eigenvalue weighted by Gasteiger charge is -2.20. The monoisotopic (exact) mass is 267 g/mol. The highest BCUT2D eigenvalue weighted by Gasteiger charge is 2.21. The highest BCUT2D eigenvalue weighted by Crippen LogP contribution is 2.17. The van der Waals surface area contributed by atoms with E-state index in [1.807, 2.05) is 0 Å². The molecule has 0 bridgehead atoms. The molecule has 1 saturated heterocycles. The van der Waals surface area contributed by atoms with Gasteiger partial charge in [0.1, 0.15) is 0 Å². The number of hydrogen-bond acceptors (Lipinski definition) is 5. The van der Waals surface area contributed by atoms with E-state index >= 15 is 0 Å². The Morgan fingerprint density at radius 3 is 3.00 bits per heavy atom. The standard InChI is InChI=1S/C13H22FN5/c1-3-6-15-13-17-9-11(14)12(18-13)16-8-10-5-4-7-19(10)2/h9-10H,3-8H2,1-2H3,(H2,15,16,17,18). The lowest BCUT2D eigenvalue weighted by atomic mass is 10.2. The van der Waals surface area contributed by atoms with Crippen molar-refractivity contribution in [3.8, 4) is 0 Å². The third-order valence-electron chi connectivity index (χ3n) is 3.45. The maximum absolute atomic E-state index is 13.6. The second kappa shape index (κ2) is 6.65. The fraction of sp³-hybridized carbons (Fsp3) is 0.692. The molecule has 0 spiro atoms. The van der Waals surface area contributed by atoms with Crippen molar-refractivity contribution >= 4 is 11.8 Å². The van der Waals surface area contributed by atoms with Crippen molar-refractivity contribution in [2.45, 2.75) is 32.2 Å². The van der Waals surface area contributed by atoms with Crippen molar-refractivity contribution in [3.63, 3.8) is 0 Å². The molecule has 0 saturated carbocycles. The van der Waals surface area contributed by atoms with Crippen LogP contribution in [0.5, 0.6) is 0 Å². The highest BCUT2D eigenvalue weighted by molar-refractivity contribution is 5.41. The summed E-state index contributed by atoms with van der Waals surface area (Å²) in [6.45, 7) is 4.68. The Hall–Kier alpha value is -1.43. The molecule has 6 heteroatoms. The summed E-state index contributed by atoms with van der Waals surface area (Å²) in [6, 6.07) is 0.460. The number of halogens is 1. The second-order valence-corrected chi connectivity index (χ2v) is 4.97. The van der Waals surface area contributed by atoms with Crippen LogP contribution in [0.1, 0.15) is 26.2 Å². The maximum atomic E-state index is 13.6. The van der Waals surface area contributed by atoms with Crippen LogP contribution in [0.3, 0.4) is 0 Å². The maximum Gasteiger partial charge on any atom is 0.224 e. The van der Waals surface area contributed by atoms with Gasteiger partial charge in [0.25, 0.3) is 0 Å². The van der Waals surface area contributed by atoms with Gasteiger partial charge in [0, 0.05) is 19.1 Å². The molecule has 1 aliphatic rings. The summed E-state index contributed by atoms with van der Waals surface area (Å²) in [5, 5.41) is 6.15. The van der Waals surface area contributed by atoms with Crippen molar-refractivity contribution in [1.29, 1.82) is 0 Å². The fourth-order valence-electron chi connectivity index (χ4n) is 2.26. The Morgan fingerprint density at radius 1 is 1.47 bits per heavy atom. The number of hydrogen-bond donors (Lipinski definition) is 2. The number of likely N-dealkylation sites (tertiary alicyclic amines) is 1. The van der Waals surface area contributed by atoms with Gasteiger partial charge in [-0.3, -0.25) is 0 Å². The van der Waals surface area contributed by atoms with E-state index in [-0.39, 0.29) is 5.82 Å². The van der Waals surface area contributed by atoms with E-state index in [9.17, 15) is 4.39 Å². The van der Waals surface area contributed by atoms with E-state index in [1.54, 1.807) is 0 Å². The summed E-state index contributed by atoms with van der Waals surface area (Å²) in [7, 11) is 2.10. The van der Waals surface area contributed by atoms with Gasteiger partial charge in [-0.2, -0.15) is 4.98 Å². The van der Waals surface area contributed by atoms with Crippen LogP contribution >= 0.6 is 0 Å². The summed E-state index contributed by atoms with van der Waals surface area (Å²) in [5.41, 5.74) is 0. The summed E-state index contributed by atoms with van der Waals surface area (Å²) in [5.74, 6) is 0.363. The van der Waals surface area contributed by atoms with Gasteiger partial charge in [-0.15, -0.1) is 0 Å². The quantitative estimate of drug-likeness (QED) is 0.825. The van der Waals surface area contributed by atoms with Crippen LogP contribution in [0.2, 0.25) is 0 Å². The van der Waals surface area contributed by atoms with E-state index < -0.39 is 5.82 Å². The van der Waals surface area contributed by atoms with Crippen molar-refractivity contribution < 1.29 is 4.39 Å². The third-order valence-corrected chi connectivity index (χ3v) is 3.45. The topological polar surface area (TPSA) is 53.1 Å². The molecule has 1 aromatic heterocycles. The Bertz CT molecular complexity index is 412. The second-order valence-electron chi connectivity index (χ2n) is 4.97. The molecule has 1 unspecified atom stereocenters. The first-order valence-corrected chi connectivity index (χ1v) is 6.91. The van der Waals surface area contributed by atoms with Crippen molar-refractivity contribution in [1.82, 2.24) is 14.9 Å². The predicted octanol–water partition coefficient (Wildman–Crippen LogP) is 1.94. The average Bonchev–Trinajstić information content (AvgIpc) is 2.82. The number of likely N-dealkylation sites (N-methyl/N-ethyl adjacent to an activating group) is 1. The molecule has 0 radical (unpaired) electrons. The number of nitrogens with zero attached hydrogens (tertiary/aromatic N) is 3. The summed E-state index contributed by atoms with van der Waals surface area (Å²) in [4.78, 5) is 10.4. The summed E-state index contributed by atoms with van der Waals surface area (Å²) >= 11 is 0.